The lowest BCUT2D eigenvalue weighted by atomic mass is 9.93. The normalized spacial score (nSPS) is 17.5. The third kappa shape index (κ3) is 2.04. The van der Waals surface area contributed by atoms with Crippen molar-refractivity contribution < 1.29 is 4.79 Å². The van der Waals surface area contributed by atoms with E-state index in [9.17, 15) is 4.79 Å². The molecule has 0 spiro atoms. The van der Waals surface area contributed by atoms with E-state index < -0.39 is 0 Å². The van der Waals surface area contributed by atoms with Crippen LogP contribution in [0.15, 0.2) is 18.2 Å². The van der Waals surface area contributed by atoms with Crippen LogP contribution in [-0.2, 0) is 11.2 Å². The third-order valence-electron chi connectivity index (χ3n) is 3.18. The highest BCUT2D eigenvalue weighted by Gasteiger charge is 2.47. The molecule has 1 nitrogen and oxygen atoms in total. The van der Waals surface area contributed by atoms with E-state index in [0.717, 1.165) is 18.4 Å². The highest BCUT2D eigenvalue weighted by molar-refractivity contribution is 6.36. The van der Waals surface area contributed by atoms with Crippen LogP contribution in [-0.4, -0.2) is 5.78 Å². The van der Waals surface area contributed by atoms with Crippen molar-refractivity contribution in [2.45, 2.75) is 26.2 Å². The minimum Gasteiger partial charge on any atom is -0.299 e. The fourth-order valence-corrected chi connectivity index (χ4v) is 2.37. The van der Waals surface area contributed by atoms with Gasteiger partial charge in [0.25, 0.3) is 0 Å². The van der Waals surface area contributed by atoms with Crippen molar-refractivity contribution in [2.24, 2.45) is 5.41 Å². The average molecular weight is 243 g/mol. The van der Waals surface area contributed by atoms with Gasteiger partial charge in [-0.25, -0.2) is 0 Å². The largest absolute Gasteiger partial charge is 0.299 e. The molecule has 1 aromatic rings. The summed E-state index contributed by atoms with van der Waals surface area (Å²) in [5.41, 5.74) is 0.739. The number of rotatable bonds is 3. The zero-order valence-corrected chi connectivity index (χ0v) is 10.0. The number of ketones is 1. The number of carbonyl (C=O) groups excluding carboxylic acids is 1. The van der Waals surface area contributed by atoms with Gasteiger partial charge in [-0.1, -0.05) is 29.3 Å². The van der Waals surface area contributed by atoms with Crippen LogP contribution in [0.25, 0.3) is 0 Å². The second kappa shape index (κ2) is 3.80. The van der Waals surface area contributed by atoms with Crippen LogP contribution in [0.4, 0.5) is 0 Å². The van der Waals surface area contributed by atoms with Crippen molar-refractivity contribution in [3.63, 3.8) is 0 Å². The van der Waals surface area contributed by atoms with E-state index in [1.165, 1.54) is 0 Å². The topological polar surface area (TPSA) is 17.1 Å². The first-order chi connectivity index (χ1) is 7.05. The van der Waals surface area contributed by atoms with Gasteiger partial charge in [0.15, 0.2) is 0 Å². The Kier molecular flexibility index (Phi) is 2.78. The Hall–Kier alpha value is -0.530. The molecule has 1 saturated carbocycles. The molecule has 2 rings (SSSR count). The molecule has 0 amide bonds. The van der Waals surface area contributed by atoms with Crippen molar-refractivity contribution in [3.8, 4) is 0 Å². The maximum atomic E-state index is 11.5. The summed E-state index contributed by atoms with van der Waals surface area (Å²) in [7, 11) is 0. The monoisotopic (exact) mass is 242 g/mol. The molecule has 1 aliphatic carbocycles. The second-order valence-electron chi connectivity index (χ2n) is 4.21. The number of benzene rings is 1. The fraction of sp³-hybridized carbons (Fsp3) is 0.417. The summed E-state index contributed by atoms with van der Waals surface area (Å²) in [5, 5.41) is 1.32. The first kappa shape index (κ1) is 11.0. The van der Waals surface area contributed by atoms with Gasteiger partial charge in [0.2, 0.25) is 0 Å². The van der Waals surface area contributed by atoms with Crippen LogP contribution in [0.2, 0.25) is 10.0 Å². The van der Waals surface area contributed by atoms with Crippen molar-refractivity contribution in [1.29, 1.82) is 0 Å². The van der Waals surface area contributed by atoms with Gasteiger partial charge in [-0.2, -0.15) is 0 Å². The van der Waals surface area contributed by atoms with Gasteiger partial charge >= 0.3 is 0 Å². The molecule has 80 valence electrons. The fourth-order valence-electron chi connectivity index (χ4n) is 1.84. The quantitative estimate of drug-likeness (QED) is 0.786. The van der Waals surface area contributed by atoms with E-state index in [1.807, 2.05) is 18.2 Å². The van der Waals surface area contributed by atoms with Crippen LogP contribution in [0.5, 0.6) is 0 Å². The summed E-state index contributed by atoms with van der Waals surface area (Å²) in [6.07, 6.45) is 2.61. The van der Waals surface area contributed by atoms with Gasteiger partial charge in [0.1, 0.15) is 5.78 Å². The van der Waals surface area contributed by atoms with Crippen LogP contribution >= 0.6 is 23.2 Å². The van der Waals surface area contributed by atoms with Crippen LogP contribution in [0, 0.1) is 5.41 Å². The summed E-state index contributed by atoms with van der Waals surface area (Å²) >= 11 is 12.1. The van der Waals surface area contributed by atoms with Crippen molar-refractivity contribution >= 4 is 29.0 Å². The van der Waals surface area contributed by atoms with Gasteiger partial charge in [-0.15, -0.1) is 0 Å². The minimum absolute atomic E-state index is 0.172. The Balaban J connectivity index is 2.29. The molecule has 0 bridgehead atoms. The number of hydrogen-bond acceptors (Lipinski definition) is 1. The van der Waals surface area contributed by atoms with Crippen LogP contribution in [0.3, 0.4) is 0 Å². The summed E-state index contributed by atoms with van der Waals surface area (Å²) < 4.78 is 0. The molecule has 0 heterocycles. The Bertz CT molecular complexity index is 388. The SMILES string of the molecule is CC(=O)C1(Cc2c(Cl)cccc2Cl)CC1. The molecule has 1 fully saturated rings. The Morgan fingerprint density at radius 1 is 1.33 bits per heavy atom. The molecular weight excluding hydrogens is 231 g/mol. The van der Waals surface area contributed by atoms with Crippen LogP contribution in [0.1, 0.15) is 25.3 Å². The predicted molar refractivity (Wildman–Crippen MR) is 62.5 cm³/mol. The van der Waals surface area contributed by atoms with Gasteiger partial charge in [0.05, 0.1) is 0 Å². The maximum Gasteiger partial charge on any atom is 0.136 e. The molecule has 0 saturated heterocycles. The Morgan fingerprint density at radius 2 is 1.87 bits per heavy atom. The number of hydrogen-bond donors (Lipinski definition) is 0. The van der Waals surface area contributed by atoms with E-state index in [-0.39, 0.29) is 11.2 Å². The third-order valence-corrected chi connectivity index (χ3v) is 3.89. The Labute approximate surface area is 99.4 Å². The van der Waals surface area contributed by atoms with Crippen molar-refractivity contribution in [1.82, 2.24) is 0 Å². The van der Waals surface area contributed by atoms with Gasteiger partial charge < -0.3 is 0 Å². The molecule has 1 aromatic carbocycles. The maximum absolute atomic E-state index is 11.5. The molecule has 1 aliphatic rings. The summed E-state index contributed by atoms with van der Waals surface area (Å²) in [4.78, 5) is 11.5. The van der Waals surface area contributed by atoms with Crippen molar-refractivity contribution in [3.05, 3.63) is 33.8 Å². The van der Waals surface area contributed by atoms with Crippen molar-refractivity contribution in [2.75, 3.05) is 0 Å². The molecule has 0 N–H and O–H groups in total. The van der Waals surface area contributed by atoms with Crippen LogP contribution < -0.4 is 0 Å². The predicted octanol–water partition coefficient (Wildman–Crippen LogP) is 3.91. The lowest BCUT2D eigenvalue weighted by Gasteiger charge is -2.13. The standard InChI is InChI=1S/C12H12Cl2O/c1-8(15)12(5-6-12)7-9-10(13)3-2-4-11(9)14/h2-4H,5-7H2,1H3. The zero-order valence-electron chi connectivity index (χ0n) is 8.52. The average Bonchev–Trinajstić information content (AvgIpc) is 2.93. The molecule has 0 atom stereocenters. The van der Waals surface area contributed by atoms with E-state index in [0.29, 0.717) is 16.5 Å². The molecular formula is C12H12Cl2O. The van der Waals surface area contributed by atoms with Gasteiger partial charge in [-0.3, -0.25) is 4.79 Å². The number of halogens is 2. The smallest absolute Gasteiger partial charge is 0.136 e. The first-order valence-electron chi connectivity index (χ1n) is 4.99. The lowest BCUT2D eigenvalue weighted by Crippen LogP contribution is -2.15. The summed E-state index contributed by atoms with van der Waals surface area (Å²) in [6, 6.07) is 5.46. The van der Waals surface area contributed by atoms with E-state index in [1.54, 1.807) is 6.92 Å². The molecule has 0 aliphatic heterocycles. The Morgan fingerprint density at radius 3 is 2.27 bits per heavy atom. The molecule has 0 aromatic heterocycles. The van der Waals surface area contributed by atoms with E-state index in [4.69, 9.17) is 23.2 Å². The van der Waals surface area contributed by atoms with Gasteiger partial charge in [0, 0.05) is 15.5 Å². The number of Topliss-reactive ketones (excluding diaryl/α,β-unsaturated/α-hetero) is 1. The van der Waals surface area contributed by atoms with E-state index >= 15 is 0 Å². The zero-order chi connectivity index (χ0) is 11.1. The minimum atomic E-state index is -0.172. The molecule has 15 heavy (non-hydrogen) atoms. The lowest BCUT2D eigenvalue weighted by molar-refractivity contribution is -0.121. The summed E-state index contributed by atoms with van der Waals surface area (Å²) in [5.74, 6) is 0.249. The van der Waals surface area contributed by atoms with Gasteiger partial charge in [-0.05, 0) is 43.9 Å². The molecule has 0 unspecified atom stereocenters. The highest BCUT2D eigenvalue weighted by Crippen LogP contribution is 2.50. The highest BCUT2D eigenvalue weighted by atomic mass is 35.5. The summed E-state index contributed by atoms with van der Waals surface area (Å²) in [6.45, 7) is 1.65. The number of carbonyl (C=O) groups is 1. The second-order valence-corrected chi connectivity index (χ2v) is 5.03. The van der Waals surface area contributed by atoms with E-state index in [2.05, 4.69) is 0 Å². The molecule has 3 heteroatoms. The molecule has 0 radical (unpaired) electrons. The first-order valence-corrected chi connectivity index (χ1v) is 5.75.